The highest BCUT2D eigenvalue weighted by atomic mass is 32.1. The van der Waals surface area contributed by atoms with Gasteiger partial charge in [-0.3, -0.25) is 9.78 Å². The van der Waals surface area contributed by atoms with Crippen LogP contribution in [-0.2, 0) is 6.54 Å². The largest absolute Gasteiger partial charge is 0.348 e. The Kier molecular flexibility index (Phi) is 5.26. The highest BCUT2D eigenvalue weighted by molar-refractivity contribution is 7.13. The molecule has 0 saturated carbocycles. The molecule has 0 bridgehead atoms. The maximum Gasteiger partial charge on any atom is 0.253 e. The van der Waals surface area contributed by atoms with E-state index in [2.05, 4.69) is 46.9 Å². The molecule has 28 heavy (non-hydrogen) atoms. The highest BCUT2D eigenvalue weighted by Crippen LogP contribution is 2.29. The Morgan fingerprint density at radius 1 is 1.00 bits per heavy atom. The summed E-state index contributed by atoms with van der Waals surface area (Å²) in [4.78, 5) is 20.8. The maximum atomic E-state index is 12.1. The molecule has 1 amide bonds. The fourth-order valence-corrected chi connectivity index (χ4v) is 3.65. The molecule has 0 aliphatic heterocycles. The Morgan fingerprint density at radius 3 is 2.46 bits per heavy atom. The van der Waals surface area contributed by atoms with Crippen LogP contribution in [0.3, 0.4) is 0 Å². The third kappa shape index (κ3) is 4.15. The number of nitrogens with one attached hydrogen (secondary N) is 1. The van der Waals surface area contributed by atoms with E-state index in [-0.39, 0.29) is 5.91 Å². The number of carbonyl (C=O) groups excluding carboxylic acids is 1. The molecule has 4 nitrogen and oxygen atoms in total. The summed E-state index contributed by atoms with van der Waals surface area (Å²) in [5, 5.41) is 5.99. The predicted octanol–water partition coefficient (Wildman–Crippen LogP) is 5.11. The number of pyridine rings is 1. The van der Waals surface area contributed by atoms with Gasteiger partial charge >= 0.3 is 0 Å². The van der Waals surface area contributed by atoms with Crippen molar-refractivity contribution in [2.45, 2.75) is 13.5 Å². The minimum absolute atomic E-state index is 0.125. The third-order valence-corrected chi connectivity index (χ3v) is 5.32. The minimum Gasteiger partial charge on any atom is -0.348 e. The molecular formula is C23H19N3OS. The van der Waals surface area contributed by atoms with Crippen molar-refractivity contribution >= 4 is 17.2 Å². The summed E-state index contributed by atoms with van der Waals surface area (Å²) in [5.74, 6) is -0.125. The lowest BCUT2D eigenvalue weighted by Crippen LogP contribution is -2.22. The van der Waals surface area contributed by atoms with Crippen molar-refractivity contribution in [1.29, 1.82) is 0 Å². The number of aryl methyl sites for hydroxylation is 1. The van der Waals surface area contributed by atoms with Crippen molar-refractivity contribution in [1.82, 2.24) is 15.3 Å². The molecule has 0 spiro atoms. The van der Waals surface area contributed by atoms with E-state index >= 15 is 0 Å². The first-order valence-corrected chi connectivity index (χ1v) is 9.87. The van der Waals surface area contributed by atoms with Gasteiger partial charge in [-0.1, -0.05) is 54.1 Å². The maximum absolute atomic E-state index is 12.1. The first kappa shape index (κ1) is 18.1. The van der Waals surface area contributed by atoms with Crippen molar-refractivity contribution in [3.05, 3.63) is 95.1 Å². The topological polar surface area (TPSA) is 54.9 Å². The quantitative estimate of drug-likeness (QED) is 0.519. The number of benzene rings is 2. The molecule has 0 fully saturated rings. The summed E-state index contributed by atoms with van der Waals surface area (Å²) in [6.07, 6.45) is 3.21. The summed E-state index contributed by atoms with van der Waals surface area (Å²) < 4.78 is 0. The lowest BCUT2D eigenvalue weighted by molar-refractivity contribution is 0.0950. The van der Waals surface area contributed by atoms with Crippen molar-refractivity contribution < 1.29 is 4.79 Å². The number of amides is 1. The van der Waals surface area contributed by atoms with Crippen LogP contribution < -0.4 is 5.32 Å². The molecule has 4 aromatic rings. The molecule has 0 atom stereocenters. The average Bonchev–Trinajstić information content (AvgIpc) is 3.24. The Hall–Kier alpha value is -3.31. The second-order valence-electron chi connectivity index (χ2n) is 6.53. The second kappa shape index (κ2) is 8.15. The standard InChI is InChI=1S/C23H19N3OS/c1-16-4-8-18(9-5-16)21-15-28-23(26-21)19-10-6-17(7-11-19)13-25-22(27)20-3-2-12-24-14-20/h2-12,14-15H,13H2,1H3,(H,25,27). The molecule has 0 aliphatic rings. The minimum atomic E-state index is -0.125. The zero-order chi connectivity index (χ0) is 19.3. The lowest BCUT2D eigenvalue weighted by atomic mass is 10.1. The van der Waals surface area contributed by atoms with Gasteiger partial charge in [-0.15, -0.1) is 11.3 Å². The van der Waals surface area contributed by atoms with Crippen LogP contribution in [-0.4, -0.2) is 15.9 Å². The normalized spacial score (nSPS) is 10.6. The second-order valence-corrected chi connectivity index (χ2v) is 7.38. The van der Waals surface area contributed by atoms with Crippen LogP contribution in [0.15, 0.2) is 78.4 Å². The number of hydrogen-bond acceptors (Lipinski definition) is 4. The van der Waals surface area contributed by atoms with Gasteiger partial charge in [0, 0.05) is 35.4 Å². The fraction of sp³-hybridized carbons (Fsp3) is 0.0870. The number of thiazole rings is 1. The van der Waals surface area contributed by atoms with E-state index in [1.54, 1.807) is 35.9 Å². The lowest BCUT2D eigenvalue weighted by Gasteiger charge is -2.06. The molecule has 0 saturated heterocycles. The van der Waals surface area contributed by atoms with Crippen LogP contribution in [0.1, 0.15) is 21.5 Å². The molecular weight excluding hydrogens is 366 g/mol. The molecule has 1 N–H and O–H groups in total. The third-order valence-electron chi connectivity index (χ3n) is 4.43. The number of nitrogens with zero attached hydrogens (tertiary/aromatic N) is 2. The van der Waals surface area contributed by atoms with Crippen molar-refractivity contribution in [2.24, 2.45) is 0 Å². The molecule has 5 heteroatoms. The van der Waals surface area contributed by atoms with Gasteiger partial charge in [0.1, 0.15) is 5.01 Å². The Balaban J connectivity index is 1.42. The Labute approximate surface area is 167 Å². The van der Waals surface area contributed by atoms with Gasteiger partial charge in [-0.2, -0.15) is 0 Å². The van der Waals surface area contributed by atoms with Crippen LogP contribution in [0.25, 0.3) is 21.8 Å². The van der Waals surface area contributed by atoms with E-state index in [1.807, 2.05) is 24.3 Å². The molecule has 0 aliphatic carbocycles. The van der Waals surface area contributed by atoms with Crippen LogP contribution in [0.2, 0.25) is 0 Å². The average molecular weight is 385 g/mol. The SMILES string of the molecule is Cc1ccc(-c2csc(-c3ccc(CNC(=O)c4cccnc4)cc3)n2)cc1. The van der Waals surface area contributed by atoms with Gasteiger partial charge < -0.3 is 5.32 Å². The zero-order valence-electron chi connectivity index (χ0n) is 15.4. The molecule has 0 radical (unpaired) electrons. The number of hydrogen-bond donors (Lipinski definition) is 1. The van der Waals surface area contributed by atoms with Crippen LogP contribution >= 0.6 is 11.3 Å². The molecule has 138 valence electrons. The van der Waals surface area contributed by atoms with Gasteiger partial charge in [-0.05, 0) is 24.6 Å². The van der Waals surface area contributed by atoms with Crippen molar-refractivity contribution in [2.75, 3.05) is 0 Å². The first-order chi connectivity index (χ1) is 13.7. The van der Waals surface area contributed by atoms with Gasteiger partial charge in [0.15, 0.2) is 0 Å². The highest BCUT2D eigenvalue weighted by Gasteiger charge is 2.08. The van der Waals surface area contributed by atoms with E-state index < -0.39 is 0 Å². The smallest absolute Gasteiger partial charge is 0.253 e. The van der Waals surface area contributed by atoms with E-state index in [1.165, 1.54) is 5.56 Å². The first-order valence-electron chi connectivity index (χ1n) is 8.99. The van der Waals surface area contributed by atoms with E-state index in [9.17, 15) is 4.79 Å². The van der Waals surface area contributed by atoms with E-state index in [4.69, 9.17) is 4.98 Å². The summed E-state index contributed by atoms with van der Waals surface area (Å²) in [6, 6.07) is 20.0. The van der Waals surface area contributed by atoms with Crippen LogP contribution in [0, 0.1) is 6.92 Å². The van der Waals surface area contributed by atoms with E-state index in [0.29, 0.717) is 12.1 Å². The molecule has 2 aromatic carbocycles. The fourth-order valence-electron chi connectivity index (χ4n) is 2.81. The number of carbonyl (C=O) groups is 1. The van der Waals surface area contributed by atoms with Crippen LogP contribution in [0.5, 0.6) is 0 Å². The van der Waals surface area contributed by atoms with Crippen molar-refractivity contribution in [3.63, 3.8) is 0 Å². The van der Waals surface area contributed by atoms with Gasteiger partial charge in [0.2, 0.25) is 0 Å². The van der Waals surface area contributed by atoms with Gasteiger partial charge in [-0.25, -0.2) is 4.98 Å². The van der Waals surface area contributed by atoms with Crippen molar-refractivity contribution in [3.8, 4) is 21.8 Å². The summed E-state index contributed by atoms with van der Waals surface area (Å²) >= 11 is 1.64. The Bertz CT molecular complexity index is 1070. The number of aromatic nitrogens is 2. The predicted molar refractivity (Wildman–Crippen MR) is 113 cm³/mol. The Morgan fingerprint density at radius 2 is 1.75 bits per heavy atom. The van der Waals surface area contributed by atoms with Crippen LogP contribution in [0.4, 0.5) is 0 Å². The summed E-state index contributed by atoms with van der Waals surface area (Å²) in [6.45, 7) is 2.55. The molecule has 0 unspecified atom stereocenters. The molecule has 2 aromatic heterocycles. The molecule has 4 rings (SSSR count). The summed E-state index contributed by atoms with van der Waals surface area (Å²) in [7, 11) is 0. The number of rotatable bonds is 5. The van der Waals surface area contributed by atoms with E-state index in [0.717, 1.165) is 27.4 Å². The molecule has 2 heterocycles. The summed E-state index contributed by atoms with van der Waals surface area (Å²) in [5.41, 5.74) is 6.04. The zero-order valence-corrected chi connectivity index (χ0v) is 16.2. The van der Waals surface area contributed by atoms with Gasteiger partial charge in [0.05, 0.1) is 11.3 Å². The van der Waals surface area contributed by atoms with Gasteiger partial charge in [0.25, 0.3) is 5.91 Å². The monoisotopic (exact) mass is 385 g/mol.